The Morgan fingerprint density at radius 3 is 2.44 bits per heavy atom. The minimum atomic E-state index is -0.201. The molecule has 4 heteroatoms. The van der Waals surface area contributed by atoms with Crippen molar-refractivity contribution in [2.45, 2.75) is 12.3 Å². The third-order valence-corrected chi connectivity index (χ3v) is 4.83. The Labute approximate surface area is 134 Å². The third-order valence-electron chi connectivity index (χ3n) is 2.71. The van der Waals surface area contributed by atoms with Gasteiger partial charge in [0.05, 0.1) is 5.38 Å². The number of rotatable bonds is 2. The number of alkyl halides is 1. The van der Waals surface area contributed by atoms with Crippen LogP contribution >= 0.6 is 55.1 Å². The van der Waals surface area contributed by atoms with Gasteiger partial charge in [-0.1, -0.05) is 55.6 Å². The fraction of sp³-hybridized carbons (Fsp3) is 0.143. The summed E-state index contributed by atoms with van der Waals surface area (Å²) in [6, 6.07) is 11.8. The number of benzene rings is 2. The van der Waals surface area contributed by atoms with E-state index in [0.29, 0.717) is 0 Å². The van der Waals surface area contributed by atoms with E-state index in [-0.39, 0.29) is 5.38 Å². The molecule has 0 spiro atoms. The lowest BCUT2D eigenvalue weighted by atomic mass is 10.0. The molecule has 94 valence electrons. The molecule has 2 aromatic rings. The van der Waals surface area contributed by atoms with E-state index >= 15 is 0 Å². The number of hydrogen-bond donors (Lipinski definition) is 0. The maximum atomic E-state index is 6.54. The molecule has 0 aliphatic heterocycles. The zero-order valence-electron chi connectivity index (χ0n) is 9.55. The van der Waals surface area contributed by atoms with Crippen LogP contribution in [-0.2, 0) is 0 Å². The first-order valence-electron chi connectivity index (χ1n) is 5.34. The Bertz CT molecular complexity index is 582. The van der Waals surface area contributed by atoms with Crippen LogP contribution in [0.3, 0.4) is 0 Å². The normalized spacial score (nSPS) is 12.5. The van der Waals surface area contributed by atoms with E-state index in [2.05, 4.69) is 31.9 Å². The standard InChI is InChI=1S/C14H10Br2Cl2/c1-8-6-9(2-5-13(8)17)14(18)11-7-10(15)3-4-12(11)16/h2-7,14H,1H3. The van der Waals surface area contributed by atoms with Gasteiger partial charge in [0, 0.05) is 14.0 Å². The van der Waals surface area contributed by atoms with Crippen LogP contribution in [0.15, 0.2) is 45.3 Å². The van der Waals surface area contributed by atoms with Gasteiger partial charge in [-0.25, -0.2) is 0 Å². The van der Waals surface area contributed by atoms with E-state index in [0.717, 1.165) is 30.7 Å². The average molecular weight is 409 g/mol. The van der Waals surface area contributed by atoms with Gasteiger partial charge in [0.25, 0.3) is 0 Å². The summed E-state index contributed by atoms with van der Waals surface area (Å²) >= 11 is 19.6. The van der Waals surface area contributed by atoms with Gasteiger partial charge in [-0.2, -0.15) is 0 Å². The van der Waals surface area contributed by atoms with E-state index in [1.54, 1.807) is 0 Å². The van der Waals surface area contributed by atoms with Crippen LogP contribution in [0.5, 0.6) is 0 Å². The van der Waals surface area contributed by atoms with E-state index in [1.165, 1.54) is 0 Å². The van der Waals surface area contributed by atoms with Crippen molar-refractivity contribution in [3.8, 4) is 0 Å². The van der Waals surface area contributed by atoms with Gasteiger partial charge in [0.15, 0.2) is 0 Å². The Morgan fingerprint density at radius 1 is 1.06 bits per heavy atom. The first-order valence-corrected chi connectivity index (χ1v) is 7.74. The Kier molecular flexibility index (Phi) is 4.76. The highest BCUT2D eigenvalue weighted by Gasteiger charge is 2.15. The van der Waals surface area contributed by atoms with E-state index < -0.39 is 0 Å². The first kappa shape index (κ1) is 14.4. The van der Waals surface area contributed by atoms with Crippen molar-refractivity contribution in [1.29, 1.82) is 0 Å². The predicted molar refractivity (Wildman–Crippen MR) is 85.7 cm³/mol. The molecule has 0 saturated carbocycles. The smallest absolute Gasteiger partial charge is 0.0846 e. The van der Waals surface area contributed by atoms with Crippen molar-refractivity contribution in [3.63, 3.8) is 0 Å². The molecule has 0 amide bonds. The zero-order valence-corrected chi connectivity index (χ0v) is 14.2. The maximum Gasteiger partial charge on any atom is 0.0846 e. The van der Waals surface area contributed by atoms with Gasteiger partial charge in [-0.15, -0.1) is 11.6 Å². The van der Waals surface area contributed by atoms with E-state index in [9.17, 15) is 0 Å². The SMILES string of the molecule is Cc1cc(C(Cl)c2cc(Br)ccc2Br)ccc1Cl. The Hall–Kier alpha value is -0.0200. The monoisotopic (exact) mass is 406 g/mol. The second-order valence-electron chi connectivity index (χ2n) is 4.04. The molecule has 0 radical (unpaired) electrons. The van der Waals surface area contributed by atoms with Gasteiger partial charge >= 0.3 is 0 Å². The second-order valence-corrected chi connectivity index (χ2v) is 6.65. The minimum Gasteiger partial charge on any atom is -0.113 e. The molecule has 0 fully saturated rings. The molecular formula is C14H10Br2Cl2. The van der Waals surface area contributed by atoms with Crippen LogP contribution in [0.1, 0.15) is 22.1 Å². The van der Waals surface area contributed by atoms with Crippen molar-refractivity contribution in [2.75, 3.05) is 0 Å². The summed E-state index contributed by atoms with van der Waals surface area (Å²) in [6.07, 6.45) is 0. The van der Waals surface area contributed by atoms with Gasteiger partial charge in [-0.05, 0) is 47.9 Å². The second kappa shape index (κ2) is 5.96. The molecule has 18 heavy (non-hydrogen) atoms. The summed E-state index contributed by atoms with van der Waals surface area (Å²) in [4.78, 5) is 0. The van der Waals surface area contributed by atoms with Crippen LogP contribution < -0.4 is 0 Å². The molecule has 0 saturated heterocycles. The quantitative estimate of drug-likeness (QED) is 0.497. The lowest BCUT2D eigenvalue weighted by Gasteiger charge is -2.14. The summed E-state index contributed by atoms with van der Waals surface area (Å²) < 4.78 is 2.01. The topological polar surface area (TPSA) is 0 Å². The molecular weight excluding hydrogens is 399 g/mol. The van der Waals surface area contributed by atoms with Crippen molar-refractivity contribution < 1.29 is 0 Å². The molecule has 0 heterocycles. The van der Waals surface area contributed by atoms with Crippen LogP contribution in [0.4, 0.5) is 0 Å². The van der Waals surface area contributed by atoms with Crippen LogP contribution in [0.25, 0.3) is 0 Å². The highest BCUT2D eigenvalue weighted by Crippen LogP contribution is 2.36. The maximum absolute atomic E-state index is 6.54. The summed E-state index contributed by atoms with van der Waals surface area (Å²) in [6.45, 7) is 1.98. The van der Waals surface area contributed by atoms with Gasteiger partial charge in [-0.3, -0.25) is 0 Å². The molecule has 2 rings (SSSR count). The van der Waals surface area contributed by atoms with Crippen molar-refractivity contribution in [3.05, 3.63) is 67.1 Å². The molecule has 2 aromatic carbocycles. The summed E-state index contributed by atoms with van der Waals surface area (Å²) in [5.74, 6) is 0. The fourth-order valence-corrected chi connectivity index (χ4v) is 3.13. The predicted octanol–water partition coefficient (Wildman–Crippen LogP) is 6.50. The van der Waals surface area contributed by atoms with Crippen LogP contribution in [0.2, 0.25) is 5.02 Å². The third kappa shape index (κ3) is 3.11. The van der Waals surface area contributed by atoms with Crippen molar-refractivity contribution in [2.24, 2.45) is 0 Å². The molecule has 0 nitrogen and oxygen atoms in total. The van der Waals surface area contributed by atoms with Crippen molar-refractivity contribution in [1.82, 2.24) is 0 Å². The number of hydrogen-bond acceptors (Lipinski definition) is 0. The zero-order chi connectivity index (χ0) is 13.3. The lowest BCUT2D eigenvalue weighted by molar-refractivity contribution is 1.12. The molecule has 0 aliphatic carbocycles. The lowest BCUT2D eigenvalue weighted by Crippen LogP contribution is -1.95. The highest BCUT2D eigenvalue weighted by atomic mass is 79.9. The largest absolute Gasteiger partial charge is 0.113 e. The molecule has 1 unspecified atom stereocenters. The summed E-state index contributed by atoms with van der Waals surface area (Å²) in [5, 5.41) is 0.559. The molecule has 0 bridgehead atoms. The summed E-state index contributed by atoms with van der Waals surface area (Å²) in [5.41, 5.74) is 3.11. The first-order chi connectivity index (χ1) is 8.49. The number of halogens is 4. The highest BCUT2D eigenvalue weighted by molar-refractivity contribution is 9.11. The van der Waals surface area contributed by atoms with Crippen LogP contribution in [-0.4, -0.2) is 0 Å². The fourth-order valence-electron chi connectivity index (χ4n) is 1.71. The van der Waals surface area contributed by atoms with E-state index in [4.69, 9.17) is 23.2 Å². The Morgan fingerprint density at radius 2 is 1.78 bits per heavy atom. The van der Waals surface area contributed by atoms with E-state index in [1.807, 2.05) is 43.3 Å². The van der Waals surface area contributed by atoms with Gasteiger partial charge in [0.2, 0.25) is 0 Å². The van der Waals surface area contributed by atoms with Gasteiger partial charge < -0.3 is 0 Å². The number of aryl methyl sites for hydroxylation is 1. The Balaban J connectivity index is 2.44. The molecule has 0 aliphatic rings. The molecule has 1 atom stereocenters. The van der Waals surface area contributed by atoms with Crippen LogP contribution in [0, 0.1) is 6.92 Å². The van der Waals surface area contributed by atoms with Crippen molar-refractivity contribution >= 4 is 55.1 Å². The average Bonchev–Trinajstić information content (AvgIpc) is 2.35. The molecule has 0 N–H and O–H groups in total. The van der Waals surface area contributed by atoms with Gasteiger partial charge in [0.1, 0.15) is 0 Å². The minimum absolute atomic E-state index is 0.201. The summed E-state index contributed by atoms with van der Waals surface area (Å²) in [7, 11) is 0. The molecule has 0 aromatic heterocycles.